The van der Waals surface area contributed by atoms with Crippen LogP contribution in [0.5, 0.6) is 0 Å². The monoisotopic (exact) mass is 1090 g/mol. The van der Waals surface area contributed by atoms with Gasteiger partial charge in [0.25, 0.3) is 0 Å². The lowest BCUT2D eigenvalue weighted by Gasteiger charge is -2.42. The Bertz CT molecular complexity index is 1960. The van der Waals surface area contributed by atoms with Gasteiger partial charge >= 0.3 is 23.9 Å². The maximum absolute atomic E-state index is 13.2. The highest BCUT2D eigenvalue weighted by Crippen LogP contribution is 2.31. The molecule has 78 heavy (non-hydrogen) atoms. The van der Waals surface area contributed by atoms with Crippen LogP contribution in [0.2, 0.25) is 0 Å². The molecule has 1 saturated heterocycles. The van der Waals surface area contributed by atoms with E-state index >= 15 is 0 Å². The summed E-state index contributed by atoms with van der Waals surface area (Å²) in [6, 6.07) is 3.89. The van der Waals surface area contributed by atoms with Gasteiger partial charge in [-0.1, -0.05) is 201 Å². The highest BCUT2D eigenvalue weighted by molar-refractivity contribution is 5.88. The van der Waals surface area contributed by atoms with Crippen LogP contribution in [0.15, 0.2) is 18.6 Å². The van der Waals surface area contributed by atoms with Crippen LogP contribution in [0.4, 0.5) is 5.82 Å². The van der Waals surface area contributed by atoms with Crippen molar-refractivity contribution in [1.82, 2.24) is 19.4 Å². The van der Waals surface area contributed by atoms with Gasteiger partial charge in [-0.3, -0.25) is 28.5 Å². The number of unbranched alkanes of at least 4 members (excludes halogenated alkanes) is 26. The van der Waals surface area contributed by atoms with Gasteiger partial charge in [0, 0.05) is 52.0 Å². The molecule has 0 aromatic carbocycles. The van der Waals surface area contributed by atoms with Crippen molar-refractivity contribution in [1.29, 1.82) is 5.26 Å². The number of fused-ring (bicyclic) bond motifs is 1. The molecule has 0 aliphatic carbocycles. The first-order valence-corrected chi connectivity index (χ1v) is 31.3. The molecule has 3 rings (SSSR count). The Morgan fingerprint density at radius 2 is 1.13 bits per heavy atom. The molecule has 0 radical (unpaired) electrons. The topological polar surface area (TPSA) is 183 Å². The van der Waals surface area contributed by atoms with Crippen molar-refractivity contribution >= 4 is 46.6 Å². The molecule has 1 aliphatic heterocycles. The standard InChI is InChI=1S/C63H106N6O9/c1-7-9-11-13-15-17-19-21-23-25-27-29-33-37-58(71)75-48-54(49-76-59(72)38-34-30-28-26-24-22-20-18-16-14-12-10-8-2)78-61(74)46-51(3)36-32-31-35-39-60(73)77-53(5)69-45-42-55-62(65-50-66-63(55)69)67(6)56-47-68(44-41-52(56)4)57(70)40-43-64/h42,45,50-54,56H,7-41,44,46-49H2,1-6H3/t51?,52-,53?,56+/m1/s1. The number of hydrogen-bond acceptors (Lipinski definition) is 13. The lowest BCUT2D eigenvalue weighted by Crippen LogP contribution is -2.52. The van der Waals surface area contributed by atoms with Crippen molar-refractivity contribution in [2.24, 2.45) is 11.8 Å². The third-order valence-corrected chi connectivity index (χ3v) is 15.7. The Labute approximate surface area is 471 Å². The maximum Gasteiger partial charge on any atom is 0.307 e. The number of anilines is 1. The fourth-order valence-corrected chi connectivity index (χ4v) is 10.7. The van der Waals surface area contributed by atoms with E-state index in [2.05, 4.69) is 35.6 Å². The van der Waals surface area contributed by atoms with Crippen LogP contribution in [0.25, 0.3) is 11.0 Å². The van der Waals surface area contributed by atoms with Crippen LogP contribution in [0.3, 0.4) is 0 Å². The van der Waals surface area contributed by atoms with Gasteiger partial charge in [-0.15, -0.1) is 0 Å². The quantitative estimate of drug-likeness (QED) is 0.0347. The zero-order chi connectivity index (χ0) is 56.6. The molecule has 1 aliphatic rings. The molecule has 0 saturated carbocycles. The van der Waals surface area contributed by atoms with E-state index < -0.39 is 18.3 Å². The van der Waals surface area contributed by atoms with E-state index in [9.17, 15) is 24.0 Å². The Morgan fingerprint density at radius 3 is 1.63 bits per heavy atom. The van der Waals surface area contributed by atoms with Gasteiger partial charge in [0.1, 0.15) is 37.4 Å². The summed E-state index contributed by atoms with van der Waals surface area (Å²) < 4.78 is 24.7. The second-order valence-electron chi connectivity index (χ2n) is 22.7. The molecule has 442 valence electrons. The van der Waals surface area contributed by atoms with Crippen LogP contribution in [0.1, 0.15) is 272 Å². The molecular formula is C63H106N6O9. The number of nitrogens with zero attached hydrogens (tertiary/aromatic N) is 6. The lowest BCUT2D eigenvalue weighted by atomic mass is 9.92. The molecule has 1 fully saturated rings. The summed E-state index contributed by atoms with van der Waals surface area (Å²) in [5.41, 5.74) is 0.634. The number of likely N-dealkylation sites (N-methyl/N-ethyl adjacent to an activating group) is 1. The molecule has 0 N–H and O–H groups in total. The number of likely N-dealkylation sites (tertiary alicyclic amines) is 1. The van der Waals surface area contributed by atoms with Gasteiger partial charge in [-0.2, -0.15) is 5.26 Å². The van der Waals surface area contributed by atoms with Gasteiger partial charge in [0.2, 0.25) is 5.91 Å². The van der Waals surface area contributed by atoms with E-state index in [4.69, 9.17) is 24.2 Å². The second-order valence-corrected chi connectivity index (χ2v) is 22.7. The number of rotatable bonds is 46. The van der Waals surface area contributed by atoms with E-state index in [1.165, 1.54) is 135 Å². The zero-order valence-electron chi connectivity index (χ0n) is 49.8. The minimum absolute atomic E-state index is 0.000202. The van der Waals surface area contributed by atoms with Gasteiger partial charge in [0.15, 0.2) is 12.3 Å². The Morgan fingerprint density at radius 1 is 0.654 bits per heavy atom. The van der Waals surface area contributed by atoms with Gasteiger partial charge in [-0.25, -0.2) is 9.97 Å². The highest BCUT2D eigenvalue weighted by Gasteiger charge is 2.33. The van der Waals surface area contributed by atoms with Crippen LogP contribution in [0, 0.1) is 23.2 Å². The number of ether oxygens (including phenoxy) is 4. The number of aromatic nitrogens is 3. The Balaban J connectivity index is 1.38. The highest BCUT2D eigenvalue weighted by atomic mass is 16.6. The van der Waals surface area contributed by atoms with Gasteiger partial charge in [-0.05, 0) is 50.5 Å². The molecular weight excluding hydrogens is 985 g/mol. The van der Waals surface area contributed by atoms with Crippen LogP contribution >= 0.6 is 0 Å². The predicted molar refractivity (Wildman–Crippen MR) is 310 cm³/mol. The van der Waals surface area contributed by atoms with Crippen LogP contribution in [-0.2, 0) is 42.9 Å². The summed E-state index contributed by atoms with van der Waals surface area (Å²) in [5.74, 6) is -0.529. The van der Waals surface area contributed by atoms with E-state index in [0.29, 0.717) is 43.9 Å². The number of nitriles is 1. The molecule has 2 aromatic heterocycles. The number of carbonyl (C=O) groups excluding carboxylic acids is 5. The summed E-state index contributed by atoms with van der Waals surface area (Å²) in [5, 5.41) is 9.88. The fraction of sp³-hybridized carbons (Fsp3) is 0.810. The van der Waals surface area contributed by atoms with Gasteiger partial charge in [0.05, 0.1) is 17.5 Å². The van der Waals surface area contributed by atoms with Crippen LogP contribution < -0.4 is 4.90 Å². The van der Waals surface area contributed by atoms with Crippen molar-refractivity contribution in [2.75, 3.05) is 38.3 Å². The predicted octanol–water partition coefficient (Wildman–Crippen LogP) is 15.0. The summed E-state index contributed by atoms with van der Waals surface area (Å²) in [4.78, 5) is 77.3. The van der Waals surface area contributed by atoms with Crippen LogP contribution in [-0.4, -0.2) is 94.7 Å². The smallest absolute Gasteiger partial charge is 0.307 e. The maximum atomic E-state index is 13.2. The third kappa shape index (κ3) is 28.9. The average Bonchev–Trinajstić information content (AvgIpc) is 3.91. The molecule has 4 atom stereocenters. The largest absolute Gasteiger partial charge is 0.462 e. The molecule has 0 bridgehead atoms. The summed E-state index contributed by atoms with van der Waals surface area (Å²) in [6.45, 7) is 11.3. The summed E-state index contributed by atoms with van der Waals surface area (Å²) in [7, 11) is 1.97. The number of carbonyl (C=O) groups is 5. The van der Waals surface area contributed by atoms with E-state index in [1.807, 2.05) is 43.8 Å². The minimum Gasteiger partial charge on any atom is -0.462 e. The SMILES string of the molecule is CCCCCCCCCCCCCCCC(=O)OCC(COC(=O)CCCCCCCCCCCCCCC)OC(=O)CC(C)CCCCCC(=O)OC(C)n1ccc2c(N(C)[C@H]3CN(C(=O)CC#N)CC[C@H]3C)ncnc21. The second kappa shape index (κ2) is 42.2. The Hall–Kier alpha value is -4.74. The fourth-order valence-electron chi connectivity index (χ4n) is 10.7. The van der Waals surface area contributed by atoms with Gasteiger partial charge < -0.3 is 28.7 Å². The number of esters is 4. The molecule has 1 amide bonds. The number of amides is 1. The molecule has 2 unspecified atom stereocenters. The third-order valence-electron chi connectivity index (χ3n) is 15.7. The lowest BCUT2D eigenvalue weighted by molar-refractivity contribution is -0.167. The van der Waals surface area contributed by atoms with E-state index in [-0.39, 0.29) is 68.3 Å². The van der Waals surface area contributed by atoms with Crippen molar-refractivity contribution in [2.45, 2.75) is 284 Å². The first kappa shape index (κ1) is 67.5. The first-order chi connectivity index (χ1) is 37.9. The Kier molecular flexibility index (Phi) is 36.5. The van der Waals surface area contributed by atoms with Crippen molar-refractivity contribution in [3.8, 4) is 6.07 Å². The zero-order valence-corrected chi connectivity index (χ0v) is 49.8. The summed E-state index contributed by atoms with van der Waals surface area (Å²) in [6.07, 6.45) is 38.4. The average molecular weight is 1090 g/mol. The van der Waals surface area contributed by atoms with E-state index in [1.54, 1.807) is 4.90 Å². The molecule has 15 nitrogen and oxygen atoms in total. The molecule has 3 heterocycles. The normalized spacial score (nSPS) is 15.2. The van der Waals surface area contributed by atoms with Crippen molar-refractivity contribution in [3.63, 3.8) is 0 Å². The molecule has 15 heteroatoms. The van der Waals surface area contributed by atoms with Crippen molar-refractivity contribution < 1.29 is 42.9 Å². The minimum atomic E-state index is -0.879. The molecule has 2 aromatic rings. The van der Waals surface area contributed by atoms with Crippen molar-refractivity contribution in [3.05, 3.63) is 18.6 Å². The summed E-state index contributed by atoms with van der Waals surface area (Å²) >= 11 is 0. The number of piperidine rings is 1. The first-order valence-electron chi connectivity index (χ1n) is 31.3. The number of hydrogen-bond donors (Lipinski definition) is 0. The molecule has 0 spiro atoms. The van der Waals surface area contributed by atoms with E-state index in [0.717, 1.165) is 75.4 Å².